The summed E-state index contributed by atoms with van der Waals surface area (Å²) >= 11 is 0.920. The number of hydrogen-bond donors (Lipinski definition) is 2. The lowest BCUT2D eigenvalue weighted by molar-refractivity contribution is 0.101. The number of anilines is 1. The van der Waals surface area contributed by atoms with Crippen LogP contribution in [0.15, 0.2) is 45.6 Å². The molecule has 0 fully saturated rings. The molecule has 3 heterocycles. The highest BCUT2D eigenvalue weighted by molar-refractivity contribution is 7.18. The fraction of sp³-hybridized carbons (Fsp3) is 0. The van der Waals surface area contributed by atoms with Crippen molar-refractivity contribution in [1.29, 1.82) is 0 Å². The van der Waals surface area contributed by atoms with Gasteiger partial charge in [0.25, 0.3) is 0 Å². The molecule has 0 saturated carbocycles. The molecular formula is C13H8N2O5S. The number of carboxylic acid groups (broad SMARTS) is 1. The standard InChI is InChI=1S/C13H8N2O5S/c16-10(8-4-2-6-20-8)11-9(7-3-1-5-19-7)14-12(21-11)15-13(17)18/h1-6H,(H,14,15)(H,17,18). The van der Waals surface area contributed by atoms with Crippen LogP contribution < -0.4 is 5.32 Å². The molecule has 1 amide bonds. The minimum Gasteiger partial charge on any atom is -0.465 e. The molecule has 0 aliphatic carbocycles. The second-order valence-corrected chi connectivity index (χ2v) is 4.91. The third kappa shape index (κ3) is 2.56. The van der Waals surface area contributed by atoms with Crippen LogP contribution in [-0.2, 0) is 0 Å². The summed E-state index contributed by atoms with van der Waals surface area (Å²) < 4.78 is 10.3. The first-order valence-electron chi connectivity index (χ1n) is 5.78. The molecule has 0 aliphatic rings. The van der Waals surface area contributed by atoms with Crippen LogP contribution in [0.3, 0.4) is 0 Å². The Labute approximate surface area is 121 Å². The molecule has 21 heavy (non-hydrogen) atoms. The van der Waals surface area contributed by atoms with Gasteiger partial charge in [-0.15, -0.1) is 0 Å². The molecule has 3 aromatic heterocycles. The van der Waals surface area contributed by atoms with Crippen LogP contribution in [0, 0.1) is 0 Å². The van der Waals surface area contributed by atoms with Gasteiger partial charge in [0.1, 0.15) is 10.6 Å². The minimum atomic E-state index is -1.26. The first kappa shape index (κ1) is 13.1. The van der Waals surface area contributed by atoms with Crippen LogP contribution in [-0.4, -0.2) is 22.0 Å². The van der Waals surface area contributed by atoms with Crippen LogP contribution in [0.1, 0.15) is 15.4 Å². The topological polar surface area (TPSA) is 106 Å². The molecule has 0 radical (unpaired) electrons. The Bertz CT molecular complexity index is 774. The number of aromatic nitrogens is 1. The van der Waals surface area contributed by atoms with E-state index in [1.165, 1.54) is 18.6 Å². The Hall–Kier alpha value is -2.87. The number of nitrogens with one attached hydrogen (secondary N) is 1. The fourth-order valence-electron chi connectivity index (χ4n) is 1.72. The molecule has 0 bridgehead atoms. The van der Waals surface area contributed by atoms with E-state index in [1.807, 2.05) is 0 Å². The Morgan fingerprint density at radius 1 is 1.19 bits per heavy atom. The number of carbonyl (C=O) groups is 2. The monoisotopic (exact) mass is 304 g/mol. The first-order valence-corrected chi connectivity index (χ1v) is 6.59. The Morgan fingerprint density at radius 3 is 2.57 bits per heavy atom. The predicted octanol–water partition coefficient (Wildman–Crippen LogP) is 3.32. The first-order chi connectivity index (χ1) is 10.1. The predicted molar refractivity (Wildman–Crippen MR) is 73.6 cm³/mol. The van der Waals surface area contributed by atoms with Crippen molar-refractivity contribution in [2.24, 2.45) is 0 Å². The van der Waals surface area contributed by atoms with E-state index in [-0.39, 0.29) is 27.2 Å². The van der Waals surface area contributed by atoms with E-state index in [9.17, 15) is 9.59 Å². The highest BCUT2D eigenvalue weighted by atomic mass is 32.1. The van der Waals surface area contributed by atoms with Gasteiger partial charge in [0, 0.05) is 0 Å². The summed E-state index contributed by atoms with van der Waals surface area (Å²) in [6.45, 7) is 0. The number of rotatable bonds is 4. The minimum absolute atomic E-state index is 0.0869. The SMILES string of the molecule is O=C(O)Nc1nc(-c2ccco2)c(C(=O)c2ccco2)s1. The van der Waals surface area contributed by atoms with Gasteiger partial charge >= 0.3 is 6.09 Å². The molecule has 3 rings (SSSR count). The molecule has 106 valence electrons. The molecule has 8 heteroatoms. The zero-order valence-corrected chi connectivity index (χ0v) is 11.2. The van der Waals surface area contributed by atoms with Crippen molar-refractivity contribution in [3.8, 4) is 11.5 Å². The number of thiazole rings is 1. The normalized spacial score (nSPS) is 10.5. The van der Waals surface area contributed by atoms with Gasteiger partial charge in [-0.05, 0) is 24.3 Å². The van der Waals surface area contributed by atoms with Crippen molar-refractivity contribution in [3.05, 3.63) is 47.4 Å². The summed E-state index contributed by atoms with van der Waals surface area (Å²) in [4.78, 5) is 27.4. The second kappa shape index (κ2) is 5.25. The van der Waals surface area contributed by atoms with E-state index >= 15 is 0 Å². The molecule has 2 N–H and O–H groups in total. The van der Waals surface area contributed by atoms with Crippen LogP contribution in [0.2, 0.25) is 0 Å². The number of ketones is 1. The molecule has 0 atom stereocenters. The number of hydrogen-bond acceptors (Lipinski definition) is 6. The van der Waals surface area contributed by atoms with Gasteiger partial charge < -0.3 is 13.9 Å². The molecule has 0 aliphatic heterocycles. The lowest BCUT2D eigenvalue weighted by Gasteiger charge is -1.96. The van der Waals surface area contributed by atoms with Crippen LogP contribution >= 0.6 is 11.3 Å². The van der Waals surface area contributed by atoms with Crippen molar-refractivity contribution in [2.45, 2.75) is 0 Å². The smallest absolute Gasteiger partial charge is 0.410 e. The number of carbonyl (C=O) groups excluding carboxylic acids is 1. The van der Waals surface area contributed by atoms with Crippen LogP contribution in [0.5, 0.6) is 0 Å². The molecule has 7 nitrogen and oxygen atoms in total. The molecule has 3 aromatic rings. The third-order valence-corrected chi connectivity index (χ3v) is 3.52. The molecule has 0 spiro atoms. The van der Waals surface area contributed by atoms with E-state index in [0.717, 1.165) is 11.3 Å². The van der Waals surface area contributed by atoms with Crippen LogP contribution in [0.25, 0.3) is 11.5 Å². The van der Waals surface area contributed by atoms with Crippen LogP contribution in [0.4, 0.5) is 9.93 Å². The quantitative estimate of drug-likeness (QED) is 0.716. The van der Waals surface area contributed by atoms with Gasteiger partial charge in [0.15, 0.2) is 16.7 Å². The maximum absolute atomic E-state index is 12.4. The van der Waals surface area contributed by atoms with E-state index in [1.54, 1.807) is 18.2 Å². The Kier molecular flexibility index (Phi) is 3.28. The maximum atomic E-state index is 12.4. The summed E-state index contributed by atoms with van der Waals surface area (Å²) in [6.07, 6.45) is 1.57. The number of furan rings is 2. The summed E-state index contributed by atoms with van der Waals surface area (Å²) in [5.74, 6) is 0.135. The summed E-state index contributed by atoms with van der Waals surface area (Å²) in [7, 11) is 0. The van der Waals surface area contributed by atoms with Gasteiger partial charge in [0.05, 0.1) is 12.5 Å². The molecule has 0 saturated heterocycles. The van der Waals surface area contributed by atoms with Crippen molar-refractivity contribution >= 4 is 28.3 Å². The van der Waals surface area contributed by atoms with Gasteiger partial charge in [-0.2, -0.15) is 0 Å². The largest absolute Gasteiger partial charge is 0.465 e. The maximum Gasteiger partial charge on any atom is 0.410 e. The Balaban J connectivity index is 2.07. The van der Waals surface area contributed by atoms with E-state index < -0.39 is 6.09 Å². The highest BCUT2D eigenvalue weighted by Gasteiger charge is 2.24. The zero-order valence-electron chi connectivity index (χ0n) is 10.4. The van der Waals surface area contributed by atoms with Gasteiger partial charge in [-0.3, -0.25) is 10.1 Å². The van der Waals surface area contributed by atoms with Crippen molar-refractivity contribution in [3.63, 3.8) is 0 Å². The van der Waals surface area contributed by atoms with Gasteiger partial charge in [-0.1, -0.05) is 11.3 Å². The van der Waals surface area contributed by atoms with E-state index in [2.05, 4.69) is 10.3 Å². The number of amides is 1. The fourth-order valence-corrected chi connectivity index (χ4v) is 2.62. The van der Waals surface area contributed by atoms with E-state index in [0.29, 0.717) is 5.76 Å². The van der Waals surface area contributed by atoms with Gasteiger partial charge in [-0.25, -0.2) is 9.78 Å². The number of nitrogens with zero attached hydrogens (tertiary/aromatic N) is 1. The highest BCUT2D eigenvalue weighted by Crippen LogP contribution is 2.33. The third-order valence-electron chi connectivity index (χ3n) is 2.55. The average molecular weight is 304 g/mol. The van der Waals surface area contributed by atoms with Crippen molar-refractivity contribution in [2.75, 3.05) is 5.32 Å². The van der Waals surface area contributed by atoms with Gasteiger partial charge in [0.2, 0.25) is 5.78 Å². The molecule has 0 aromatic carbocycles. The summed E-state index contributed by atoms with van der Waals surface area (Å²) in [6, 6.07) is 6.41. The zero-order chi connectivity index (χ0) is 14.8. The second-order valence-electron chi connectivity index (χ2n) is 3.91. The van der Waals surface area contributed by atoms with E-state index in [4.69, 9.17) is 13.9 Å². The summed E-state index contributed by atoms with van der Waals surface area (Å²) in [5.41, 5.74) is 0.273. The molecule has 0 unspecified atom stereocenters. The molecular weight excluding hydrogens is 296 g/mol. The summed E-state index contributed by atoms with van der Waals surface area (Å²) in [5, 5.41) is 11.0. The lowest BCUT2D eigenvalue weighted by atomic mass is 10.2. The van der Waals surface area contributed by atoms with Crippen molar-refractivity contribution in [1.82, 2.24) is 4.98 Å². The van der Waals surface area contributed by atoms with Crippen molar-refractivity contribution < 1.29 is 23.5 Å². The Morgan fingerprint density at radius 2 is 1.95 bits per heavy atom. The lowest BCUT2D eigenvalue weighted by Crippen LogP contribution is -2.06. The average Bonchev–Trinajstić information content (AvgIpc) is 3.18.